The highest BCUT2D eigenvalue weighted by Crippen LogP contribution is 2.26. The molecule has 134 valence electrons. The molecule has 6 heteroatoms. The number of hydrogen-bond donors (Lipinski definition) is 2. The quantitative estimate of drug-likeness (QED) is 0.651. The number of nitrogens with zero attached hydrogens (tertiary/aromatic N) is 2. The average Bonchev–Trinajstić information content (AvgIpc) is 3.18. The predicted molar refractivity (Wildman–Crippen MR) is 106 cm³/mol. The summed E-state index contributed by atoms with van der Waals surface area (Å²) in [6.45, 7) is 2.23. The second kappa shape index (κ2) is 8.91. The predicted octanol–water partition coefficient (Wildman–Crippen LogP) is 2.59. The lowest BCUT2D eigenvalue weighted by atomic mass is 9.98. The van der Waals surface area contributed by atoms with Gasteiger partial charge < -0.3 is 15.3 Å². The second-order valence-corrected chi connectivity index (χ2v) is 7.80. The van der Waals surface area contributed by atoms with Gasteiger partial charge in [-0.2, -0.15) is 0 Å². The Kier molecular flexibility index (Phi) is 6.61. The molecule has 1 aliphatic carbocycles. The Morgan fingerprint density at radius 1 is 1.36 bits per heavy atom. The number of pyridine rings is 1. The summed E-state index contributed by atoms with van der Waals surface area (Å²) in [5.74, 6) is 0.344. The Morgan fingerprint density at radius 3 is 2.76 bits per heavy atom. The maximum absolute atomic E-state index is 13.0. The Morgan fingerprint density at radius 2 is 2.08 bits per heavy atom. The van der Waals surface area contributed by atoms with E-state index in [1.165, 1.54) is 3.58 Å². The van der Waals surface area contributed by atoms with Crippen molar-refractivity contribution < 1.29 is 9.90 Å². The van der Waals surface area contributed by atoms with E-state index < -0.39 is 12.1 Å². The number of likely N-dealkylation sites (tertiary alicyclic amines) is 1. The minimum atomic E-state index is -0.878. The van der Waals surface area contributed by atoms with Crippen molar-refractivity contribution in [2.45, 2.75) is 31.4 Å². The zero-order chi connectivity index (χ0) is 17.6. The van der Waals surface area contributed by atoms with Crippen molar-refractivity contribution in [3.63, 3.8) is 0 Å². The summed E-state index contributed by atoms with van der Waals surface area (Å²) in [5.41, 5.74) is 0.717. The highest BCUT2D eigenvalue weighted by Gasteiger charge is 2.33. The molecule has 0 bridgehead atoms. The third kappa shape index (κ3) is 4.68. The van der Waals surface area contributed by atoms with Crippen LogP contribution in [0.4, 0.5) is 0 Å². The largest absolute Gasteiger partial charge is 0.386 e. The molecule has 1 aliphatic heterocycles. The van der Waals surface area contributed by atoms with Crippen molar-refractivity contribution in [3.05, 3.63) is 51.9 Å². The molecule has 1 aromatic rings. The molecule has 2 heterocycles. The molecule has 1 fully saturated rings. The molecular weight excluding hydrogens is 429 g/mol. The van der Waals surface area contributed by atoms with Crippen molar-refractivity contribution in [2.75, 3.05) is 19.6 Å². The van der Waals surface area contributed by atoms with E-state index >= 15 is 0 Å². The number of amides is 1. The Balaban J connectivity index is 1.73. The summed E-state index contributed by atoms with van der Waals surface area (Å²) in [6.07, 6.45) is 11.8. The number of carbonyl (C=O) groups excluding carboxylic acids is 1. The first-order valence-electron chi connectivity index (χ1n) is 8.79. The first-order chi connectivity index (χ1) is 12.2. The number of rotatable bonds is 6. The van der Waals surface area contributed by atoms with E-state index in [1.807, 2.05) is 4.90 Å². The van der Waals surface area contributed by atoms with Crippen molar-refractivity contribution in [3.8, 4) is 0 Å². The van der Waals surface area contributed by atoms with Crippen LogP contribution in [0.1, 0.15) is 30.9 Å². The molecule has 0 spiro atoms. The Labute approximate surface area is 162 Å². The summed E-state index contributed by atoms with van der Waals surface area (Å²) >= 11 is 2.35. The van der Waals surface area contributed by atoms with Crippen molar-refractivity contribution in [1.82, 2.24) is 15.2 Å². The van der Waals surface area contributed by atoms with Crippen LogP contribution in [0.5, 0.6) is 0 Å². The third-order valence-electron chi connectivity index (χ3n) is 4.83. The molecule has 1 saturated heterocycles. The van der Waals surface area contributed by atoms with E-state index in [9.17, 15) is 9.90 Å². The van der Waals surface area contributed by atoms with Gasteiger partial charge in [0.25, 0.3) is 0 Å². The summed E-state index contributed by atoms with van der Waals surface area (Å²) in [5, 5.41) is 14.2. The van der Waals surface area contributed by atoms with Gasteiger partial charge in [0.15, 0.2) is 0 Å². The third-order valence-corrected chi connectivity index (χ3v) is 6.07. The molecule has 0 radical (unpaired) electrons. The van der Waals surface area contributed by atoms with Crippen LogP contribution < -0.4 is 5.32 Å². The van der Waals surface area contributed by atoms with Crippen LogP contribution in [0, 0.1) is 5.92 Å². The van der Waals surface area contributed by atoms with E-state index in [4.69, 9.17) is 0 Å². The molecule has 5 nitrogen and oxygen atoms in total. The molecule has 1 amide bonds. The highest BCUT2D eigenvalue weighted by molar-refractivity contribution is 14.1. The molecular formula is C19H24IN3O2. The number of nitrogens with one attached hydrogen (secondary N) is 1. The summed E-state index contributed by atoms with van der Waals surface area (Å²) in [6, 6.07) is 2.91. The lowest BCUT2D eigenvalue weighted by Crippen LogP contribution is -2.50. The van der Waals surface area contributed by atoms with E-state index in [0.29, 0.717) is 18.0 Å². The highest BCUT2D eigenvalue weighted by atomic mass is 127. The van der Waals surface area contributed by atoms with Gasteiger partial charge in [-0.1, -0.05) is 18.2 Å². The van der Waals surface area contributed by atoms with Gasteiger partial charge in [0.2, 0.25) is 5.91 Å². The van der Waals surface area contributed by atoms with E-state index in [-0.39, 0.29) is 5.91 Å². The van der Waals surface area contributed by atoms with Gasteiger partial charge in [-0.15, -0.1) is 0 Å². The van der Waals surface area contributed by atoms with E-state index in [0.717, 1.165) is 32.4 Å². The standard InChI is InChI=1S/C19H24IN3O2/c20-16-6-2-1-5-15(16)13-22-17(19(25)23-11-3-4-12-23)18(24)14-7-9-21-10-8-14/h1-2,6-10,15,17-18,22,24H,3-5,11-13H2/t15?,17-,18+/m1/s1. The first-order valence-corrected chi connectivity index (χ1v) is 9.87. The lowest BCUT2D eigenvalue weighted by Gasteiger charge is -2.29. The van der Waals surface area contributed by atoms with Crippen LogP contribution in [0.15, 0.2) is 46.3 Å². The Hall–Kier alpha value is -1.25. The van der Waals surface area contributed by atoms with Crippen LogP contribution in [-0.4, -0.2) is 46.6 Å². The fourth-order valence-corrected chi connectivity index (χ4v) is 4.00. The molecule has 2 N–H and O–H groups in total. The Bertz CT molecular complexity index is 641. The van der Waals surface area contributed by atoms with Crippen molar-refractivity contribution >= 4 is 28.5 Å². The maximum Gasteiger partial charge on any atom is 0.242 e. The van der Waals surface area contributed by atoms with Gasteiger partial charge in [-0.3, -0.25) is 9.78 Å². The minimum Gasteiger partial charge on any atom is -0.386 e. The summed E-state index contributed by atoms with van der Waals surface area (Å²) in [4.78, 5) is 18.8. The number of aliphatic hydroxyl groups excluding tert-OH is 1. The first kappa shape index (κ1) is 18.5. The molecule has 1 unspecified atom stereocenters. The molecule has 25 heavy (non-hydrogen) atoms. The van der Waals surface area contributed by atoms with Gasteiger partial charge in [0.05, 0.1) is 0 Å². The van der Waals surface area contributed by atoms with E-state index in [2.05, 4.69) is 51.1 Å². The second-order valence-electron chi connectivity index (χ2n) is 6.56. The molecule has 3 atom stereocenters. The van der Waals surface area contributed by atoms with Gasteiger partial charge in [0, 0.05) is 37.9 Å². The van der Waals surface area contributed by atoms with Gasteiger partial charge in [-0.25, -0.2) is 0 Å². The SMILES string of the molecule is O=C([C@H](NCC1CC=CC=C1I)[C@@H](O)c1ccncc1)N1CCCC1. The van der Waals surface area contributed by atoms with Crippen LogP contribution in [0.25, 0.3) is 0 Å². The number of hydrogen-bond acceptors (Lipinski definition) is 4. The summed E-state index contributed by atoms with van der Waals surface area (Å²) < 4.78 is 1.28. The number of aromatic nitrogens is 1. The van der Waals surface area contributed by atoms with Crippen LogP contribution in [0.3, 0.4) is 0 Å². The number of carbonyl (C=O) groups is 1. The normalized spacial score (nSPS) is 22.6. The maximum atomic E-state index is 13.0. The van der Waals surface area contributed by atoms with Gasteiger partial charge in [0.1, 0.15) is 12.1 Å². The number of allylic oxidation sites excluding steroid dienone is 3. The zero-order valence-electron chi connectivity index (χ0n) is 14.1. The topological polar surface area (TPSA) is 65.5 Å². The van der Waals surface area contributed by atoms with Crippen LogP contribution >= 0.6 is 22.6 Å². The smallest absolute Gasteiger partial charge is 0.242 e. The monoisotopic (exact) mass is 453 g/mol. The molecule has 0 saturated carbocycles. The molecule has 3 rings (SSSR count). The summed E-state index contributed by atoms with van der Waals surface area (Å²) in [7, 11) is 0. The zero-order valence-corrected chi connectivity index (χ0v) is 16.3. The average molecular weight is 453 g/mol. The fraction of sp³-hybridized carbons (Fsp3) is 0.474. The number of halogens is 1. The van der Waals surface area contributed by atoms with Crippen molar-refractivity contribution in [2.24, 2.45) is 5.92 Å². The molecule has 2 aliphatic rings. The molecule has 1 aromatic heterocycles. The van der Waals surface area contributed by atoms with E-state index in [1.54, 1.807) is 24.5 Å². The van der Waals surface area contributed by atoms with Crippen LogP contribution in [-0.2, 0) is 4.79 Å². The number of aliphatic hydroxyl groups is 1. The molecule has 0 aromatic carbocycles. The van der Waals surface area contributed by atoms with Gasteiger partial charge in [-0.05, 0) is 63.1 Å². The lowest BCUT2D eigenvalue weighted by molar-refractivity contribution is -0.135. The van der Waals surface area contributed by atoms with Crippen LogP contribution in [0.2, 0.25) is 0 Å². The fourth-order valence-electron chi connectivity index (χ4n) is 3.32. The minimum absolute atomic E-state index is 0.00727. The van der Waals surface area contributed by atoms with Crippen molar-refractivity contribution in [1.29, 1.82) is 0 Å². The van der Waals surface area contributed by atoms with Gasteiger partial charge >= 0.3 is 0 Å².